The maximum atomic E-state index is 12.6. The van der Waals surface area contributed by atoms with Gasteiger partial charge in [0.1, 0.15) is 5.82 Å². The van der Waals surface area contributed by atoms with E-state index in [9.17, 15) is 4.79 Å². The Morgan fingerprint density at radius 3 is 2.68 bits per heavy atom. The van der Waals surface area contributed by atoms with E-state index in [-0.39, 0.29) is 5.78 Å². The first kappa shape index (κ1) is 13.5. The molecule has 2 aromatic heterocycles. The highest BCUT2D eigenvalue weighted by atomic mass is 16.1. The third kappa shape index (κ3) is 1.96. The van der Waals surface area contributed by atoms with Gasteiger partial charge in [0.05, 0.1) is 12.2 Å². The molecule has 0 aromatic carbocycles. The van der Waals surface area contributed by atoms with Crippen LogP contribution < -0.4 is 0 Å². The van der Waals surface area contributed by atoms with Crippen LogP contribution in [0.2, 0.25) is 0 Å². The molecule has 0 unspecified atom stereocenters. The number of rotatable bonds is 0. The number of ketones is 1. The van der Waals surface area contributed by atoms with Crippen LogP contribution in [0.1, 0.15) is 34.7 Å². The second kappa shape index (κ2) is 4.95. The Labute approximate surface area is 129 Å². The number of nitrogens with zero attached hydrogens (tertiary/aromatic N) is 4. The average Bonchev–Trinajstić information content (AvgIpc) is 3.07. The molecule has 0 bridgehead atoms. The lowest BCUT2D eigenvalue weighted by molar-refractivity contribution is 0.0965. The minimum absolute atomic E-state index is 0.158. The summed E-state index contributed by atoms with van der Waals surface area (Å²) in [6, 6.07) is 2.07. The lowest BCUT2D eigenvalue weighted by Gasteiger charge is -2.26. The Bertz CT molecular complexity index is 770. The molecule has 0 atom stereocenters. The molecule has 5 heteroatoms. The van der Waals surface area contributed by atoms with Crippen molar-refractivity contribution in [2.45, 2.75) is 19.4 Å². The van der Waals surface area contributed by atoms with Crippen LogP contribution in [0.25, 0.3) is 5.57 Å². The third-order valence-electron chi connectivity index (χ3n) is 4.80. The molecule has 0 saturated carbocycles. The fourth-order valence-electron chi connectivity index (χ4n) is 3.58. The number of likely N-dealkylation sites (tertiary alicyclic amines) is 1. The number of carbonyl (C=O) groups is 1. The number of hydrogen-bond donors (Lipinski definition) is 0. The van der Waals surface area contributed by atoms with E-state index in [1.165, 1.54) is 11.1 Å². The molecule has 0 amide bonds. The summed E-state index contributed by atoms with van der Waals surface area (Å²) in [4.78, 5) is 19.5. The molecule has 1 fully saturated rings. The van der Waals surface area contributed by atoms with Crippen molar-refractivity contribution in [2.24, 2.45) is 7.05 Å². The van der Waals surface area contributed by atoms with E-state index in [1.54, 1.807) is 6.20 Å². The van der Waals surface area contributed by atoms with E-state index < -0.39 is 0 Å². The third-order valence-corrected chi connectivity index (χ3v) is 4.80. The summed E-state index contributed by atoms with van der Waals surface area (Å²) >= 11 is 0. The molecule has 5 nitrogen and oxygen atoms in total. The summed E-state index contributed by atoms with van der Waals surface area (Å²) in [5, 5.41) is 0. The molecule has 0 radical (unpaired) electrons. The fraction of sp³-hybridized carbons (Fsp3) is 0.412. The first-order chi connectivity index (χ1) is 10.6. The van der Waals surface area contributed by atoms with Gasteiger partial charge in [-0.05, 0) is 26.0 Å². The molecule has 0 N–H and O–H groups in total. The van der Waals surface area contributed by atoms with Crippen LogP contribution in [0.15, 0.2) is 30.2 Å². The van der Waals surface area contributed by atoms with E-state index in [4.69, 9.17) is 0 Å². The van der Waals surface area contributed by atoms with E-state index in [1.807, 2.05) is 28.6 Å². The van der Waals surface area contributed by atoms with Crippen molar-refractivity contribution in [3.8, 4) is 0 Å². The monoisotopic (exact) mass is 296 g/mol. The smallest absolute Gasteiger partial charge is 0.199 e. The number of piperidine rings is 1. The topological polar surface area (TPSA) is 43.1 Å². The second-order valence-electron chi connectivity index (χ2n) is 6.27. The summed E-state index contributed by atoms with van der Waals surface area (Å²) in [7, 11) is 4.11. The van der Waals surface area contributed by atoms with Crippen LogP contribution in [-0.2, 0) is 13.6 Å². The maximum Gasteiger partial charge on any atom is 0.199 e. The van der Waals surface area contributed by atoms with Gasteiger partial charge in [-0.15, -0.1) is 0 Å². The number of aromatic nitrogens is 3. The Balaban J connectivity index is 1.96. The SMILES string of the molecule is CN1CCC(=C2c3ccn(C)c3C(=O)Cn3ccnc32)CC1. The van der Waals surface area contributed by atoms with E-state index in [0.29, 0.717) is 6.54 Å². The van der Waals surface area contributed by atoms with E-state index in [2.05, 4.69) is 23.0 Å². The lowest BCUT2D eigenvalue weighted by atomic mass is 9.92. The molecule has 0 aliphatic carbocycles. The zero-order valence-electron chi connectivity index (χ0n) is 13.0. The molecule has 22 heavy (non-hydrogen) atoms. The Hall–Kier alpha value is -2.14. The lowest BCUT2D eigenvalue weighted by Crippen LogP contribution is -2.27. The molecule has 114 valence electrons. The molecule has 2 aromatic rings. The van der Waals surface area contributed by atoms with Gasteiger partial charge >= 0.3 is 0 Å². The highest BCUT2D eigenvalue weighted by Gasteiger charge is 2.29. The fourth-order valence-corrected chi connectivity index (χ4v) is 3.58. The summed E-state index contributed by atoms with van der Waals surface area (Å²) in [6.07, 6.45) is 7.78. The van der Waals surface area contributed by atoms with Gasteiger partial charge in [0, 0.05) is 49.9 Å². The summed E-state index contributed by atoms with van der Waals surface area (Å²) < 4.78 is 3.93. The number of hydrogen-bond acceptors (Lipinski definition) is 3. The molecule has 2 aliphatic heterocycles. The largest absolute Gasteiger partial charge is 0.348 e. The zero-order valence-corrected chi connectivity index (χ0v) is 13.0. The van der Waals surface area contributed by atoms with E-state index in [0.717, 1.165) is 43.0 Å². The molecular formula is C17H20N4O. The normalized spacial score (nSPS) is 19.1. The van der Waals surface area contributed by atoms with Gasteiger partial charge in [-0.25, -0.2) is 4.98 Å². The van der Waals surface area contributed by atoms with Crippen molar-refractivity contribution in [1.29, 1.82) is 0 Å². The Kier molecular flexibility index (Phi) is 3.04. The number of imidazole rings is 1. The molecule has 4 heterocycles. The van der Waals surface area contributed by atoms with Crippen molar-refractivity contribution in [2.75, 3.05) is 20.1 Å². The van der Waals surface area contributed by atoms with Crippen LogP contribution >= 0.6 is 0 Å². The van der Waals surface area contributed by atoms with Crippen molar-refractivity contribution in [3.05, 3.63) is 47.3 Å². The molecule has 1 saturated heterocycles. The van der Waals surface area contributed by atoms with Gasteiger partial charge < -0.3 is 14.0 Å². The maximum absolute atomic E-state index is 12.6. The number of carbonyl (C=O) groups excluding carboxylic acids is 1. The van der Waals surface area contributed by atoms with Crippen LogP contribution in [-0.4, -0.2) is 44.9 Å². The van der Waals surface area contributed by atoms with Gasteiger partial charge in [-0.3, -0.25) is 4.79 Å². The molecule has 4 rings (SSSR count). The van der Waals surface area contributed by atoms with Crippen LogP contribution in [0.5, 0.6) is 0 Å². The second-order valence-corrected chi connectivity index (χ2v) is 6.27. The molecule has 2 aliphatic rings. The zero-order chi connectivity index (χ0) is 15.3. The van der Waals surface area contributed by atoms with Crippen molar-refractivity contribution in [1.82, 2.24) is 19.0 Å². The Morgan fingerprint density at radius 2 is 1.91 bits per heavy atom. The van der Waals surface area contributed by atoms with Crippen molar-refractivity contribution >= 4 is 11.4 Å². The first-order valence-corrected chi connectivity index (χ1v) is 7.76. The quantitative estimate of drug-likeness (QED) is 0.746. The number of fused-ring (bicyclic) bond motifs is 2. The molecule has 0 spiro atoms. The van der Waals surface area contributed by atoms with Gasteiger partial charge in [0.25, 0.3) is 0 Å². The predicted octanol–water partition coefficient (Wildman–Crippen LogP) is 1.95. The predicted molar refractivity (Wildman–Crippen MR) is 84.7 cm³/mol. The molecular weight excluding hydrogens is 276 g/mol. The first-order valence-electron chi connectivity index (χ1n) is 7.76. The average molecular weight is 296 g/mol. The van der Waals surface area contributed by atoms with Gasteiger partial charge in [-0.2, -0.15) is 0 Å². The number of Topliss-reactive ketones (excluding diaryl/α,β-unsaturated/α-hetero) is 1. The number of aryl methyl sites for hydroxylation is 1. The van der Waals surface area contributed by atoms with Crippen LogP contribution in [0, 0.1) is 0 Å². The standard InChI is InChI=1S/C17H20N4O/c1-19-7-3-12(4-8-19)15-13-5-9-20(2)16(13)14(22)11-21-10-6-18-17(15)21/h5-6,9-10H,3-4,7-8,11H2,1-2H3. The van der Waals surface area contributed by atoms with Gasteiger partial charge in [-0.1, -0.05) is 5.57 Å². The highest BCUT2D eigenvalue weighted by Crippen LogP contribution is 2.35. The van der Waals surface area contributed by atoms with Gasteiger partial charge in [0.15, 0.2) is 5.78 Å². The van der Waals surface area contributed by atoms with E-state index >= 15 is 0 Å². The van der Waals surface area contributed by atoms with Crippen LogP contribution in [0.4, 0.5) is 0 Å². The highest BCUT2D eigenvalue weighted by molar-refractivity contribution is 6.02. The minimum Gasteiger partial charge on any atom is -0.348 e. The Morgan fingerprint density at radius 1 is 1.14 bits per heavy atom. The van der Waals surface area contributed by atoms with Crippen molar-refractivity contribution in [3.63, 3.8) is 0 Å². The summed E-state index contributed by atoms with van der Waals surface area (Å²) in [5.74, 6) is 1.10. The summed E-state index contributed by atoms with van der Waals surface area (Å²) in [5.41, 5.74) is 4.47. The summed E-state index contributed by atoms with van der Waals surface area (Å²) in [6.45, 7) is 2.50. The van der Waals surface area contributed by atoms with Crippen LogP contribution in [0.3, 0.4) is 0 Å². The minimum atomic E-state index is 0.158. The van der Waals surface area contributed by atoms with Crippen molar-refractivity contribution < 1.29 is 4.79 Å². The van der Waals surface area contributed by atoms with Gasteiger partial charge in [0.2, 0.25) is 0 Å².